The van der Waals surface area contributed by atoms with Gasteiger partial charge in [-0.1, -0.05) is 13.3 Å². The number of fused-ring (bicyclic) bond motifs is 1. The number of hydrogen-bond acceptors (Lipinski definition) is 2. The number of rotatable bonds is 1. The monoisotopic (exact) mass is 280 g/mol. The number of carbonyl (C=O) groups excluding carboxylic acids is 1. The van der Waals surface area contributed by atoms with E-state index in [1.165, 1.54) is 19.3 Å². The molecule has 3 fully saturated rings. The van der Waals surface area contributed by atoms with Crippen molar-refractivity contribution in [1.29, 1.82) is 0 Å². The number of carboxylic acids is 1. The Morgan fingerprint density at radius 3 is 2.50 bits per heavy atom. The van der Waals surface area contributed by atoms with E-state index in [-0.39, 0.29) is 11.9 Å². The minimum atomic E-state index is -0.858. The lowest BCUT2D eigenvalue weighted by molar-refractivity contribution is -0.142. The van der Waals surface area contributed by atoms with Crippen LogP contribution in [-0.4, -0.2) is 52.1 Å². The van der Waals surface area contributed by atoms with Gasteiger partial charge in [-0.15, -0.1) is 0 Å². The molecule has 2 heterocycles. The molecule has 0 aromatic rings. The Morgan fingerprint density at radius 1 is 1.00 bits per heavy atom. The summed E-state index contributed by atoms with van der Waals surface area (Å²) >= 11 is 0. The number of urea groups is 1. The Kier molecular flexibility index (Phi) is 3.61. The van der Waals surface area contributed by atoms with Gasteiger partial charge in [0, 0.05) is 19.1 Å². The second-order valence-electron chi connectivity index (χ2n) is 6.62. The molecule has 5 heteroatoms. The summed E-state index contributed by atoms with van der Waals surface area (Å²) in [6.07, 6.45) is 6.62. The van der Waals surface area contributed by atoms with E-state index in [2.05, 4.69) is 0 Å². The van der Waals surface area contributed by atoms with Crippen molar-refractivity contribution in [3.8, 4) is 0 Å². The summed E-state index contributed by atoms with van der Waals surface area (Å²) in [6.45, 7) is 3.32. The molecule has 2 aliphatic heterocycles. The van der Waals surface area contributed by atoms with Crippen molar-refractivity contribution in [3.05, 3.63) is 0 Å². The second-order valence-corrected chi connectivity index (χ2v) is 6.62. The average molecular weight is 280 g/mol. The molecule has 0 aromatic heterocycles. The van der Waals surface area contributed by atoms with Crippen molar-refractivity contribution in [2.75, 3.05) is 13.1 Å². The van der Waals surface area contributed by atoms with Crippen LogP contribution in [0.25, 0.3) is 0 Å². The number of aliphatic carboxylic acids is 1. The summed E-state index contributed by atoms with van der Waals surface area (Å²) in [4.78, 5) is 27.8. The van der Waals surface area contributed by atoms with Crippen LogP contribution in [0.5, 0.6) is 0 Å². The molecule has 2 saturated heterocycles. The highest BCUT2D eigenvalue weighted by Gasteiger charge is 2.44. The predicted molar refractivity (Wildman–Crippen MR) is 74.4 cm³/mol. The molecule has 0 spiro atoms. The van der Waals surface area contributed by atoms with Crippen molar-refractivity contribution >= 4 is 12.0 Å². The third kappa shape index (κ3) is 2.17. The van der Waals surface area contributed by atoms with E-state index in [0.29, 0.717) is 18.5 Å². The highest BCUT2D eigenvalue weighted by Crippen LogP contribution is 2.38. The van der Waals surface area contributed by atoms with Crippen molar-refractivity contribution in [1.82, 2.24) is 9.80 Å². The maximum Gasteiger partial charge on any atom is 0.326 e. The molecule has 4 unspecified atom stereocenters. The minimum absolute atomic E-state index is 0.0293. The lowest BCUT2D eigenvalue weighted by atomic mass is 9.92. The van der Waals surface area contributed by atoms with Crippen molar-refractivity contribution in [2.24, 2.45) is 11.8 Å². The Hall–Kier alpha value is -1.26. The third-order valence-electron chi connectivity index (χ3n) is 5.44. The molecule has 4 atom stereocenters. The minimum Gasteiger partial charge on any atom is -0.480 e. The molecule has 1 aliphatic carbocycles. The van der Waals surface area contributed by atoms with Crippen LogP contribution >= 0.6 is 0 Å². The molecule has 3 aliphatic rings. The molecule has 1 N–H and O–H groups in total. The number of carboxylic acid groups (broad SMARTS) is 1. The summed E-state index contributed by atoms with van der Waals surface area (Å²) in [5.74, 6) is -0.153. The molecule has 0 aromatic carbocycles. The molecule has 3 rings (SSSR count). The lowest BCUT2D eigenvalue weighted by Crippen LogP contribution is -2.54. The van der Waals surface area contributed by atoms with Crippen molar-refractivity contribution in [2.45, 2.75) is 57.5 Å². The molecular formula is C15H24N2O3. The fourth-order valence-electron chi connectivity index (χ4n) is 4.39. The van der Waals surface area contributed by atoms with Gasteiger partial charge < -0.3 is 14.9 Å². The van der Waals surface area contributed by atoms with Crippen LogP contribution in [0.2, 0.25) is 0 Å². The first-order valence-corrected chi connectivity index (χ1v) is 7.89. The number of hydrogen-bond donors (Lipinski definition) is 1. The molecule has 0 radical (unpaired) electrons. The summed E-state index contributed by atoms with van der Waals surface area (Å²) in [5, 5.41) is 9.38. The summed E-state index contributed by atoms with van der Waals surface area (Å²) < 4.78 is 0. The maximum absolute atomic E-state index is 12.8. The van der Waals surface area contributed by atoms with Crippen LogP contribution in [-0.2, 0) is 4.79 Å². The van der Waals surface area contributed by atoms with E-state index in [4.69, 9.17) is 0 Å². The van der Waals surface area contributed by atoms with Gasteiger partial charge in [-0.3, -0.25) is 0 Å². The first-order chi connectivity index (χ1) is 9.59. The van der Waals surface area contributed by atoms with Crippen LogP contribution in [0.3, 0.4) is 0 Å². The number of likely N-dealkylation sites (tertiary alicyclic amines) is 2. The fourth-order valence-corrected chi connectivity index (χ4v) is 4.39. The van der Waals surface area contributed by atoms with Gasteiger partial charge in [-0.25, -0.2) is 9.59 Å². The van der Waals surface area contributed by atoms with E-state index in [9.17, 15) is 14.7 Å². The molecule has 20 heavy (non-hydrogen) atoms. The molecule has 112 valence electrons. The molecule has 0 bridgehead atoms. The standard InChI is InChI=1S/C15H24N2O3/c1-10-7-9-17(13(10)14(18)19)15(20)16-8-3-5-11-4-2-6-12(11)16/h10-13H,2-9H2,1H3,(H,18,19). The highest BCUT2D eigenvalue weighted by molar-refractivity contribution is 5.84. The first-order valence-electron chi connectivity index (χ1n) is 7.89. The van der Waals surface area contributed by atoms with Gasteiger partial charge in [0.25, 0.3) is 0 Å². The highest BCUT2D eigenvalue weighted by atomic mass is 16.4. The van der Waals surface area contributed by atoms with Gasteiger partial charge in [0.1, 0.15) is 6.04 Å². The Morgan fingerprint density at radius 2 is 1.75 bits per heavy atom. The van der Waals surface area contributed by atoms with Crippen molar-refractivity contribution in [3.63, 3.8) is 0 Å². The lowest BCUT2D eigenvalue weighted by Gasteiger charge is -2.40. The largest absolute Gasteiger partial charge is 0.480 e. The molecular weight excluding hydrogens is 256 g/mol. The van der Waals surface area contributed by atoms with E-state index < -0.39 is 12.0 Å². The van der Waals surface area contributed by atoms with Gasteiger partial charge in [0.2, 0.25) is 0 Å². The molecule has 1 saturated carbocycles. The van der Waals surface area contributed by atoms with E-state index >= 15 is 0 Å². The zero-order valence-electron chi connectivity index (χ0n) is 12.1. The summed E-state index contributed by atoms with van der Waals surface area (Å²) in [7, 11) is 0. The normalized spacial score (nSPS) is 37.0. The first kappa shape index (κ1) is 13.7. The van der Waals surface area contributed by atoms with E-state index in [1.807, 2.05) is 11.8 Å². The molecule has 2 amide bonds. The number of piperidine rings is 1. The van der Waals surface area contributed by atoms with Crippen LogP contribution < -0.4 is 0 Å². The number of carbonyl (C=O) groups is 2. The zero-order valence-corrected chi connectivity index (χ0v) is 12.1. The quantitative estimate of drug-likeness (QED) is 0.800. The van der Waals surface area contributed by atoms with Gasteiger partial charge >= 0.3 is 12.0 Å². The van der Waals surface area contributed by atoms with Crippen LogP contribution in [0.15, 0.2) is 0 Å². The van der Waals surface area contributed by atoms with Crippen LogP contribution in [0.1, 0.15) is 45.4 Å². The SMILES string of the molecule is CC1CCN(C(=O)N2CCCC3CCCC32)C1C(=O)O. The van der Waals surface area contributed by atoms with Gasteiger partial charge in [-0.2, -0.15) is 0 Å². The maximum atomic E-state index is 12.8. The van der Waals surface area contributed by atoms with Gasteiger partial charge in [0.15, 0.2) is 0 Å². The Labute approximate surface area is 119 Å². The van der Waals surface area contributed by atoms with Crippen molar-refractivity contribution < 1.29 is 14.7 Å². The Balaban J connectivity index is 1.76. The molecule has 5 nitrogen and oxygen atoms in total. The predicted octanol–water partition coefficient (Wildman–Crippen LogP) is 2.17. The topological polar surface area (TPSA) is 60.9 Å². The zero-order chi connectivity index (χ0) is 14.3. The van der Waals surface area contributed by atoms with E-state index in [1.54, 1.807) is 4.90 Å². The smallest absolute Gasteiger partial charge is 0.326 e. The van der Waals surface area contributed by atoms with Gasteiger partial charge in [0.05, 0.1) is 0 Å². The summed E-state index contributed by atoms with van der Waals surface area (Å²) in [5.41, 5.74) is 0. The number of nitrogens with zero attached hydrogens (tertiary/aromatic N) is 2. The summed E-state index contributed by atoms with van der Waals surface area (Å²) in [6, 6.07) is -0.302. The third-order valence-corrected chi connectivity index (χ3v) is 5.44. The number of amides is 2. The fraction of sp³-hybridized carbons (Fsp3) is 0.867. The average Bonchev–Trinajstić information content (AvgIpc) is 3.03. The second kappa shape index (κ2) is 5.26. The Bertz CT molecular complexity index is 412. The van der Waals surface area contributed by atoms with E-state index in [0.717, 1.165) is 25.8 Å². The van der Waals surface area contributed by atoms with Gasteiger partial charge in [-0.05, 0) is 43.9 Å². The van der Waals surface area contributed by atoms with Crippen LogP contribution in [0, 0.1) is 11.8 Å². The van der Waals surface area contributed by atoms with Crippen LogP contribution in [0.4, 0.5) is 4.79 Å².